The highest BCUT2D eigenvalue weighted by Gasteiger charge is 2.33. The van der Waals surface area contributed by atoms with Gasteiger partial charge in [-0.1, -0.05) is 30.4 Å². The van der Waals surface area contributed by atoms with Crippen molar-refractivity contribution in [3.63, 3.8) is 0 Å². The predicted octanol–water partition coefficient (Wildman–Crippen LogP) is 2.47. The summed E-state index contributed by atoms with van der Waals surface area (Å²) >= 11 is 0. The fourth-order valence-electron chi connectivity index (χ4n) is 5.19. The molecule has 2 saturated heterocycles. The second-order valence-electron chi connectivity index (χ2n) is 10.3. The Hall–Kier alpha value is -2.38. The molecule has 0 aliphatic carbocycles. The number of piperazine rings is 1. The molecule has 4 rings (SSSR count). The third-order valence-electron chi connectivity index (χ3n) is 7.59. The van der Waals surface area contributed by atoms with Crippen molar-refractivity contribution in [3.05, 3.63) is 42.0 Å². The number of amides is 2. The molecule has 1 aromatic rings. The van der Waals surface area contributed by atoms with Gasteiger partial charge in [0.05, 0.1) is 6.54 Å². The summed E-state index contributed by atoms with van der Waals surface area (Å²) < 4.78 is 6.12. The molecule has 3 aliphatic heterocycles. The van der Waals surface area contributed by atoms with E-state index in [2.05, 4.69) is 48.9 Å². The van der Waals surface area contributed by atoms with Crippen LogP contribution in [0.4, 0.5) is 0 Å². The number of piperidine rings is 1. The smallest absolute Gasteiger partial charge is 0.236 e. The third-order valence-corrected chi connectivity index (χ3v) is 7.59. The molecule has 0 spiro atoms. The second-order valence-corrected chi connectivity index (χ2v) is 10.3. The summed E-state index contributed by atoms with van der Waals surface area (Å²) in [5, 5.41) is 0. The van der Waals surface area contributed by atoms with Crippen molar-refractivity contribution in [3.8, 4) is 5.75 Å². The maximum absolute atomic E-state index is 13.3. The highest BCUT2D eigenvalue weighted by Crippen LogP contribution is 2.30. The minimum Gasteiger partial charge on any atom is -0.489 e. The molecule has 2 atom stereocenters. The van der Waals surface area contributed by atoms with Crippen molar-refractivity contribution in [1.29, 1.82) is 0 Å². The SMILES string of the molecule is CC(C)N1CC(=O)N2CC[C@@H](CC(=O)N3CCN(C)CC3)[C@@H](/C=C\COc3ccccc3C1)C2. The molecule has 3 aliphatic rings. The van der Waals surface area contributed by atoms with Gasteiger partial charge in [-0.2, -0.15) is 0 Å². The number of likely N-dealkylation sites (N-methyl/N-ethyl adjacent to an activating group) is 1. The van der Waals surface area contributed by atoms with E-state index in [1.165, 1.54) is 0 Å². The second kappa shape index (κ2) is 11.4. The van der Waals surface area contributed by atoms with E-state index >= 15 is 0 Å². The van der Waals surface area contributed by atoms with Gasteiger partial charge >= 0.3 is 0 Å². The lowest BCUT2D eigenvalue weighted by molar-refractivity contribution is -0.137. The van der Waals surface area contributed by atoms with Crippen LogP contribution in [0.2, 0.25) is 0 Å². The molecule has 3 heterocycles. The van der Waals surface area contributed by atoms with Gasteiger partial charge in [0.1, 0.15) is 12.4 Å². The van der Waals surface area contributed by atoms with Gasteiger partial charge in [0.25, 0.3) is 0 Å². The number of carbonyl (C=O) groups excluding carboxylic acids is 2. The molecule has 2 fully saturated rings. The van der Waals surface area contributed by atoms with E-state index in [4.69, 9.17) is 4.74 Å². The molecule has 2 bridgehead atoms. The van der Waals surface area contributed by atoms with Gasteiger partial charge in [-0.05, 0) is 45.2 Å². The molecule has 0 N–H and O–H groups in total. The molecule has 7 heteroatoms. The maximum atomic E-state index is 13.3. The number of hydrogen-bond donors (Lipinski definition) is 0. The molecular weight excluding hydrogens is 428 g/mol. The number of ether oxygens (including phenoxy) is 1. The minimum atomic E-state index is 0.168. The molecule has 186 valence electrons. The van der Waals surface area contributed by atoms with Crippen molar-refractivity contribution >= 4 is 11.8 Å². The monoisotopic (exact) mass is 468 g/mol. The van der Waals surface area contributed by atoms with Crippen LogP contribution in [0, 0.1) is 11.8 Å². The molecule has 34 heavy (non-hydrogen) atoms. The molecule has 1 aromatic carbocycles. The van der Waals surface area contributed by atoms with E-state index in [0.29, 0.717) is 32.7 Å². The van der Waals surface area contributed by atoms with Crippen molar-refractivity contribution in [2.24, 2.45) is 11.8 Å². The zero-order chi connectivity index (χ0) is 24.1. The minimum absolute atomic E-state index is 0.168. The van der Waals surface area contributed by atoms with E-state index in [1.807, 2.05) is 28.0 Å². The fourth-order valence-corrected chi connectivity index (χ4v) is 5.19. The summed E-state index contributed by atoms with van der Waals surface area (Å²) in [6, 6.07) is 8.34. The van der Waals surface area contributed by atoms with Gasteiger partial charge in [0.2, 0.25) is 11.8 Å². The van der Waals surface area contributed by atoms with Crippen molar-refractivity contribution in [2.75, 3.05) is 59.5 Å². The Labute approximate surface area is 204 Å². The van der Waals surface area contributed by atoms with E-state index in [0.717, 1.165) is 50.5 Å². The molecule has 0 aromatic heterocycles. The largest absolute Gasteiger partial charge is 0.489 e. The van der Waals surface area contributed by atoms with Crippen molar-refractivity contribution < 1.29 is 14.3 Å². The predicted molar refractivity (Wildman–Crippen MR) is 133 cm³/mol. The number of rotatable bonds is 3. The quantitative estimate of drug-likeness (QED) is 0.638. The van der Waals surface area contributed by atoms with E-state index < -0.39 is 0 Å². The molecule has 0 unspecified atom stereocenters. The lowest BCUT2D eigenvalue weighted by atomic mass is 9.82. The van der Waals surface area contributed by atoms with Gasteiger partial charge in [-0.25, -0.2) is 0 Å². The highest BCUT2D eigenvalue weighted by molar-refractivity contribution is 5.79. The average Bonchev–Trinajstić information content (AvgIpc) is 2.83. The lowest BCUT2D eigenvalue weighted by Crippen LogP contribution is -2.50. The van der Waals surface area contributed by atoms with Crippen LogP contribution in [0.5, 0.6) is 5.75 Å². The summed E-state index contributed by atoms with van der Waals surface area (Å²) in [5.41, 5.74) is 1.10. The standard InChI is InChI=1S/C27H40N4O3/c1-21(2)31-19-24-7-4-5-9-25(24)34-16-6-8-23-18-30(27(33)20-31)11-10-22(23)17-26(32)29-14-12-28(3)13-15-29/h4-9,21-23H,10-20H2,1-3H3/b8-6-/t22-,23-/m0/s1. The topological polar surface area (TPSA) is 56.3 Å². The molecule has 0 radical (unpaired) electrons. The van der Waals surface area contributed by atoms with E-state index in [-0.39, 0.29) is 29.7 Å². The van der Waals surface area contributed by atoms with Crippen LogP contribution in [0.15, 0.2) is 36.4 Å². The Kier molecular flexibility index (Phi) is 8.27. The summed E-state index contributed by atoms with van der Waals surface area (Å²) in [4.78, 5) is 34.9. The van der Waals surface area contributed by atoms with Crippen LogP contribution in [-0.2, 0) is 16.1 Å². The number of fused-ring (bicyclic) bond motifs is 3. The Morgan fingerprint density at radius 2 is 1.85 bits per heavy atom. The van der Waals surface area contributed by atoms with Gasteiger partial charge in [0.15, 0.2) is 0 Å². The summed E-state index contributed by atoms with van der Waals surface area (Å²) in [6.07, 6.45) is 5.68. The lowest BCUT2D eigenvalue weighted by Gasteiger charge is -2.40. The zero-order valence-electron chi connectivity index (χ0n) is 21.0. The number of carbonyl (C=O) groups is 2. The van der Waals surface area contributed by atoms with Crippen LogP contribution >= 0.6 is 0 Å². The Morgan fingerprint density at radius 3 is 2.62 bits per heavy atom. The Bertz CT molecular complexity index is 878. The first-order chi connectivity index (χ1) is 16.4. The molecule has 2 amide bonds. The van der Waals surface area contributed by atoms with Crippen LogP contribution in [0.25, 0.3) is 0 Å². The van der Waals surface area contributed by atoms with Crippen LogP contribution in [0.3, 0.4) is 0 Å². The van der Waals surface area contributed by atoms with Crippen LogP contribution < -0.4 is 4.74 Å². The van der Waals surface area contributed by atoms with Gasteiger partial charge < -0.3 is 19.4 Å². The van der Waals surface area contributed by atoms with Crippen LogP contribution in [0.1, 0.15) is 32.3 Å². The van der Waals surface area contributed by atoms with Crippen LogP contribution in [-0.4, -0.2) is 96.9 Å². The molecule has 7 nitrogen and oxygen atoms in total. The Balaban J connectivity index is 1.49. The van der Waals surface area contributed by atoms with E-state index in [1.54, 1.807) is 0 Å². The Morgan fingerprint density at radius 1 is 1.09 bits per heavy atom. The normalized spacial score (nSPS) is 26.2. The molecular formula is C27H40N4O3. The van der Waals surface area contributed by atoms with Gasteiger partial charge in [-0.3, -0.25) is 14.5 Å². The van der Waals surface area contributed by atoms with E-state index in [9.17, 15) is 9.59 Å². The number of benzene rings is 1. The maximum Gasteiger partial charge on any atom is 0.236 e. The zero-order valence-corrected chi connectivity index (χ0v) is 21.0. The van der Waals surface area contributed by atoms with Gasteiger partial charge in [0, 0.05) is 63.8 Å². The van der Waals surface area contributed by atoms with Gasteiger partial charge in [-0.15, -0.1) is 0 Å². The summed E-state index contributed by atoms with van der Waals surface area (Å²) in [7, 11) is 2.10. The summed E-state index contributed by atoms with van der Waals surface area (Å²) in [5.74, 6) is 1.72. The van der Waals surface area contributed by atoms with Crippen molar-refractivity contribution in [2.45, 2.75) is 39.3 Å². The molecule has 0 saturated carbocycles. The number of nitrogens with zero attached hydrogens (tertiary/aromatic N) is 4. The first-order valence-electron chi connectivity index (χ1n) is 12.8. The first-order valence-corrected chi connectivity index (χ1v) is 12.8. The average molecular weight is 469 g/mol. The fraction of sp³-hybridized carbons (Fsp3) is 0.630. The number of para-hydroxylation sites is 1. The summed E-state index contributed by atoms with van der Waals surface area (Å²) in [6.45, 7) is 10.7. The number of hydrogen-bond acceptors (Lipinski definition) is 5. The third kappa shape index (κ3) is 6.19. The van der Waals surface area contributed by atoms with Crippen molar-refractivity contribution in [1.82, 2.24) is 19.6 Å². The highest BCUT2D eigenvalue weighted by atomic mass is 16.5. The first kappa shape index (κ1) is 24.7.